The average molecular weight is 489 g/mol. The number of carbonyl (C=O) groups is 2. The lowest BCUT2D eigenvalue weighted by Gasteiger charge is -2.11. The first-order valence-corrected chi connectivity index (χ1v) is 7.73. The van der Waals surface area contributed by atoms with Crippen LogP contribution < -0.4 is 10.1 Å². The number of halogens is 2. The molecule has 0 aliphatic heterocycles. The molecule has 2 N–H and O–H groups in total. The van der Waals surface area contributed by atoms with E-state index in [0.717, 1.165) is 19.3 Å². The summed E-state index contributed by atoms with van der Waals surface area (Å²) in [5.41, 5.74) is 0.430. The van der Waals surface area contributed by atoms with Gasteiger partial charge in [-0.2, -0.15) is 0 Å². The number of nitrogens with one attached hydrogen (secondary N) is 1. The summed E-state index contributed by atoms with van der Waals surface area (Å²) in [6.45, 7) is 2.25. The molecule has 0 saturated carbocycles. The van der Waals surface area contributed by atoms with Crippen molar-refractivity contribution in [2.45, 2.75) is 13.3 Å². The van der Waals surface area contributed by atoms with Crippen molar-refractivity contribution in [2.75, 3.05) is 13.2 Å². The molecule has 0 radical (unpaired) electrons. The summed E-state index contributed by atoms with van der Waals surface area (Å²) >= 11 is 4.20. The summed E-state index contributed by atoms with van der Waals surface area (Å²) in [7, 11) is 0. The molecule has 0 fully saturated rings. The average Bonchev–Trinajstić information content (AvgIpc) is 2.34. The van der Waals surface area contributed by atoms with Gasteiger partial charge in [-0.25, -0.2) is 0 Å². The van der Waals surface area contributed by atoms with Crippen molar-refractivity contribution in [3.8, 4) is 5.75 Å². The summed E-state index contributed by atoms with van der Waals surface area (Å²) in [6, 6.07) is 3.37. The normalized spacial score (nSPS) is 10.1. The van der Waals surface area contributed by atoms with Crippen molar-refractivity contribution in [1.29, 1.82) is 0 Å². The maximum atomic E-state index is 11.8. The minimum absolute atomic E-state index is 0.389. The lowest BCUT2D eigenvalue weighted by atomic mass is 10.2. The standard InChI is InChI=1S/C12H13I2NO4/c1-2-3-19-11-8(13)4-7(5-9(11)14)12(18)15-6-10(16)17/h4-5H,2-3,6H2,1H3,(H,15,18)(H,16,17). The highest BCUT2D eigenvalue weighted by Crippen LogP contribution is 2.29. The number of carbonyl (C=O) groups excluding carboxylic acids is 1. The molecule has 104 valence electrons. The Morgan fingerprint density at radius 3 is 2.37 bits per heavy atom. The van der Waals surface area contributed by atoms with Gasteiger partial charge in [-0.05, 0) is 63.7 Å². The molecule has 0 saturated heterocycles. The molecule has 7 heteroatoms. The molecule has 0 aromatic heterocycles. The van der Waals surface area contributed by atoms with Crippen LogP contribution in [0.1, 0.15) is 23.7 Å². The summed E-state index contributed by atoms with van der Waals surface area (Å²) in [5.74, 6) is -0.709. The third-order valence-corrected chi connectivity index (χ3v) is 3.71. The second-order valence-electron chi connectivity index (χ2n) is 3.69. The molecule has 0 atom stereocenters. The Kier molecular flexibility index (Phi) is 6.83. The van der Waals surface area contributed by atoms with Gasteiger partial charge in [0.2, 0.25) is 0 Å². The second kappa shape index (κ2) is 7.88. The van der Waals surface area contributed by atoms with Crippen molar-refractivity contribution in [2.24, 2.45) is 0 Å². The first kappa shape index (κ1) is 16.5. The number of amides is 1. The van der Waals surface area contributed by atoms with Crippen LogP contribution in [0, 0.1) is 7.14 Å². The van der Waals surface area contributed by atoms with E-state index in [4.69, 9.17) is 9.84 Å². The first-order valence-electron chi connectivity index (χ1n) is 5.57. The molecule has 0 aliphatic rings. The van der Waals surface area contributed by atoms with Crippen molar-refractivity contribution in [3.05, 3.63) is 24.8 Å². The Morgan fingerprint density at radius 2 is 1.89 bits per heavy atom. The maximum absolute atomic E-state index is 11.8. The van der Waals surface area contributed by atoms with Gasteiger partial charge in [0, 0.05) is 5.56 Å². The van der Waals surface area contributed by atoms with Gasteiger partial charge in [0.25, 0.3) is 5.91 Å². The summed E-state index contributed by atoms with van der Waals surface area (Å²) in [6.07, 6.45) is 0.910. The molecular formula is C12H13I2NO4. The highest BCUT2D eigenvalue weighted by molar-refractivity contribution is 14.1. The molecule has 0 heterocycles. The SMILES string of the molecule is CCCOc1c(I)cc(C(=O)NCC(=O)O)cc1I. The van der Waals surface area contributed by atoms with Crippen molar-refractivity contribution in [1.82, 2.24) is 5.32 Å². The number of rotatable bonds is 6. The molecule has 0 aliphatic carbocycles. The van der Waals surface area contributed by atoms with Crippen LogP contribution in [0.3, 0.4) is 0 Å². The van der Waals surface area contributed by atoms with Crippen LogP contribution in [0.25, 0.3) is 0 Å². The largest absolute Gasteiger partial charge is 0.491 e. The molecule has 0 bridgehead atoms. The van der Waals surface area contributed by atoms with E-state index in [1.165, 1.54) is 0 Å². The Hall–Kier alpha value is -0.580. The number of hydrogen-bond donors (Lipinski definition) is 2. The zero-order valence-corrected chi connectivity index (χ0v) is 14.5. The van der Waals surface area contributed by atoms with Gasteiger partial charge in [-0.1, -0.05) is 6.92 Å². The number of carboxylic acids is 1. The van der Waals surface area contributed by atoms with Gasteiger partial charge in [-0.3, -0.25) is 9.59 Å². The van der Waals surface area contributed by atoms with Crippen molar-refractivity contribution >= 4 is 57.1 Å². The molecule has 19 heavy (non-hydrogen) atoms. The topological polar surface area (TPSA) is 75.6 Å². The minimum Gasteiger partial charge on any atom is -0.491 e. The highest BCUT2D eigenvalue weighted by Gasteiger charge is 2.13. The van der Waals surface area contributed by atoms with E-state index in [-0.39, 0.29) is 6.54 Å². The van der Waals surface area contributed by atoms with Gasteiger partial charge >= 0.3 is 5.97 Å². The quantitative estimate of drug-likeness (QED) is 0.603. The monoisotopic (exact) mass is 489 g/mol. The summed E-state index contributed by atoms with van der Waals surface area (Å²) < 4.78 is 7.27. The molecule has 1 aromatic rings. The molecule has 5 nitrogen and oxygen atoms in total. The zero-order chi connectivity index (χ0) is 14.4. The van der Waals surface area contributed by atoms with Crippen LogP contribution in [0.4, 0.5) is 0 Å². The Balaban J connectivity index is 2.87. The fourth-order valence-electron chi connectivity index (χ4n) is 1.29. The van der Waals surface area contributed by atoms with Crippen molar-refractivity contribution in [3.63, 3.8) is 0 Å². The van der Waals surface area contributed by atoms with E-state index in [1.807, 2.05) is 6.92 Å². The second-order valence-corrected chi connectivity index (χ2v) is 6.02. The Morgan fingerprint density at radius 1 is 1.32 bits per heavy atom. The molecular weight excluding hydrogens is 476 g/mol. The van der Waals surface area contributed by atoms with E-state index < -0.39 is 11.9 Å². The lowest BCUT2D eigenvalue weighted by Crippen LogP contribution is -2.29. The van der Waals surface area contributed by atoms with Crippen molar-refractivity contribution < 1.29 is 19.4 Å². The number of hydrogen-bond acceptors (Lipinski definition) is 3. The van der Waals surface area contributed by atoms with Crippen LogP contribution in [0.2, 0.25) is 0 Å². The van der Waals surface area contributed by atoms with E-state index in [9.17, 15) is 9.59 Å². The molecule has 1 rings (SSSR count). The maximum Gasteiger partial charge on any atom is 0.322 e. The van der Waals surface area contributed by atoms with Crippen LogP contribution >= 0.6 is 45.2 Å². The fourth-order valence-corrected chi connectivity index (χ4v) is 3.37. The Labute approximate surface area is 138 Å². The molecule has 1 amide bonds. The van der Waals surface area contributed by atoms with Crippen LogP contribution in [0.5, 0.6) is 5.75 Å². The van der Waals surface area contributed by atoms with E-state index in [0.29, 0.717) is 12.2 Å². The van der Waals surface area contributed by atoms with E-state index in [1.54, 1.807) is 12.1 Å². The zero-order valence-electron chi connectivity index (χ0n) is 10.2. The first-order chi connectivity index (χ1) is 8.95. The summed E-state index contributed by atoms with van der Waals surface area (Å²) in [4.78, 5) is 22.2. The van der Waals surface area contributed by atoms with Gasteiger partial charge in [-0.15, -0.1) is 0 Å². The number of aliphatic carboxylic acids is 1. The molecule has 0 unspecified atom stereocenters. The smallest absolute Gasteiger partial charge is 0.322 e. The number of benzene rings is 1. The fraction of sp³-hybridized carbons (Fsp3) is 0.333. The van der Waals surface area contributed by atoms with E-state index >= 15 is 0 Å². The third kappa shape index (κ3) is 5.13. The van der Waals surface area contributed by atoms with Crippen LogP contribution in [-0.2, 0) is 4.79 Å². The predicted octanol–water partition coefficient (Wildman–Crippen LogP) is 2.50. The lowest BCUT2D eigenvalue weighted by molar-refractivity contribution is -0.135. The number of carboxylic acid groups (broad SMARTS) is 1. The molecule has 0 spiro atoms. The van der Waals surface area contributed by atoms with Crippen LogP contribution in [-0.4, -0.2) is 30.1 Å². The van der Waals surface area contributed by atoms with Gasteiger partial charge in [0.05, 0.1) is 13.7 Å². The highest BCUT2D eigenvalue weighted by atomic mass is 127. The molecule has 1 aromatic carbocycles. The van der Waals surface area contributed by atoms with Gasteiger partial charge in [0.1, 0.15) is 12.3 Å². The number of ether oxygens (including phenoxy) is 1. The third-order valence-electron chi connectivity index (χ3n) is 2.11. The van der Waals surface area contributed by atoms with Gasteiger partial charge < -0.3 is 15.2 Å². The summed E-state index contributed by atoms with van der Waals surface area (Å²) in [5, 5.41) is 10.9. The van der Waals surface area contributed by atoms with E-state index in [2.05, 4.69) is 50.5 Å². The predicted molar refractivity (Wildman–Crippen MR) is 87.6 cm³/mol. The van der Waals surface area contributed by atoms with Gasteiger partial charge in [0.15, 0.2) is 0 Å². The van der Waals surface area contributed by atoms with Crippen LogP contribution in [0.15, 0.2) is 12.1 Å². The minimum atomic E-state index is -1.07. The Bertz CT molecular complexity index is 468.